The molecule has 28 heavy (non-hydrogen) atoms. The van der Waals surface area contributed by atoms with Crippen LogP contribution in [-0.4, -0.2) is 44.9 Å². The van der Waals surface area contributed by atoms with Crippen molar-refractivity contribution >= 4 is 22.8 Å². The smallest absolute Gasteiger partial charge is 0.308 e. The number of hydrogen-bond acceptors (Lipinski definition) is 4. The number of hydrogen-bond donors (Lipinski definition) is 1. The summed E-state index contributed by atoms with van der Waals surface area (Å²) in [5.41, 5.74) is 4.06. The van der Waals surface area contributed by atoms with Crippen molar-refractivity contribution in [3.05, 3.63) is 71.2 Å². The van der Waals surface area contributed by atoms with E-state index in [0.717, 1.165) is 27.7 Å². The van der Waals surface area contributed by atoms with Gasteiger partial charge in [0, 0.05) is 42.5 Å². The molecule has 0 unspecified atom stereocenters. The van der Waals surface area contributed by atoms with E-state index in [0.29, 0.717) is 12.1 Å². The fraction of sp³-hybridized carbons (Fsp3) is 0.273. The second-order valence-electron chi connectivity index (χ2n) is 7.32. The molecule has 142 valence electrons. The van der Waals surface area contributed by atoms with Crippen LogP contribution in [0.1, 0.15) is 33.1 Å². The lowest BCUT2D eigenvalue weighted by molar-refractivity contribution is -0.141. The van der Waals surface area contributed by atoms with Crippen molar-refractivity contribution in [2.45, 2.75) is 19.8 Å². The van der Waals surface area contributed by atoms with E-state index in [1.807, 2.05) is 44.2 Å². The minimum Gasteiger partial charge on any atom is -0.481 e. The average molecular weight is 375 g/mol. The van der Waals surface area contributed by atoms with Crippen molar-refractivity contribution < 1.29 is 14.7 Å². The van der Waals surface area contributed by atoms with Gasteiger partial charge in [-0.2, -0.15) is 0 Å². The number of aryl methyl sites for hydroxylation is 2. The van der Waals surface area contributed by atoms with Gasteiger partial charge in [0.1, 0.15) is 0 Å². The van der Waals surface area contributed by atoms with E-state index in [2.05, 4.69) is 9.97 Å². The summed E-state index contributed by atoms with van der Waals surface area (Å²) >= 11 is 0. The van der Waals surface area contributed by atoms with Gasteiger partial charge in [0.25, 0.3) is 5.91 Å². The third kappa shape index (κ3) is 3.11. The minimum absolute atomic E-state index is 0.149. The molecule has 6 nitrogen and oxygen atoms in total. The first kappa shape index (κ1) is 18.1. The molecule has 0 radical (unpaired) electrons. The van der Waals surface area contributed by atoms with Crippen LogP contribution >= 0.6 is 0 Å². The highest BCUT2D eigenvalue weighted by atomic mass is 16.4. The van der Waals surface area contributed by atoms with Gasteiger partial charge in [-0.15, -0.1) is 0 Å². The summed E-state index contributed by atoms with van der Waals surface area (Å²) in [6, 6.07) is 11.2. The van der Waals surface area contributed by atoms with Crippen LogP contribution in [0, 0.1) is 19.8 Å². The number of carbonyl (C=O) groups excluding carboxylic acids is 1. The number of likely N-dealkylation sites (tertiary alicyclic amines) is 1. The molecule has 1 aromatic carbocycles. The molecule has 2 aromatic heterocycles. The van der Waals surface area contributed by atoms with Crippen LogP contribution in [0.15, 0.2) is 48.8 Å². The molecule has 1 saturated heterocycles. The van der Waals surface area contributed by atoms with Crippen molar-refractivity contribution in [1.29, 1.82) is 0 Å². The van der Waals surface area contributed by atoms with E-state index in [1.54, 1.807) is 23.4 Å². The fourth-order valence-electron chi connectivity index (χ4n) is 4.04. The van der Waals surface area contributed by atoms with Crippen LogP contribution in [0.4, 0.5) is 0 Å². The van der Waals surface area contributed by atoms with Crippen LogP contribution < -0.4 is 0 Å². The highest BCUT2D eigenvalue weighted by molar-refractivity contribution is 6.07. The summed E-state index contributed by atoms with van der Waals surface area (Å²) in [7, 11) is 0. The standard InChI is InChI=1S/C22H21N3O3/c1-13-4-3-5-16-17(10-14(2)24-20(13)16)21(26)25-11-18(19(12-25)22(27)28)15-6-8-23-9-7-15/h3-10,18-19H,11-12H2,1-2H3,(H,27,28)/t18-,19+/m1/s1. The zero-order valence-corrected chi connectivity index (χ0v) is 15.8. The first-order chi connectivity index (χ1) is 13.5. The molecule has 6 heteroatoms. The van der Waals surface area contributed by atoms with E-state index in [1.165, 1.54) is 0 Å². The molecule has 0 spiro atoms. The quantitative estimate of drug-likeness (QED) is 0.760. The van der Waals surface area contributed by atoms with Crippen LogP contribution in [0.3, 0.4) is 0 Å². The number of carboxylic acid groups (broad SMARTS) is 1. The molecule has 2 atom stereocenters. The Balaban J connectivity index is 1.72. The SMILES string of the molecule is Cc1cc(C(=O)N2C[C@H](C(=O)O)[C@@H](c3ccncc3)C2)c2cccc(C)c2n1. The summed E-state index contributed by atoms with van der Waals surface area (Å²) in [5, 5.41) is 10.5. The second-order valence-corrected chi connectivity index (χ2v) is 7.32. The number of benzene rings is 1. The zero-order valence-electron chi connectivity index (χ0n) is 15.8. The topological polar surface area (TPSA) is 83.4 Å². The maximum Gasteiger partial charge on any atom is 0.308 e. The normalized spacial score (nSPS) is 19.1. The largest absolute Gasteiger partial charge is 0.481 e. The van der Waals surface area contributed by atoms with Crippen LogP contribution in [0.25, 0.3) is 10.9 Å². The van der Waals surface area contributed by atoms with Crippen molar-refractivity contribution in [2.75, 3.05) is 13.1 Å². The molecule has 0 bridgehead atoms. The molecule has 1 aliphatic rings. The van der Waals surface area contributed by atoms with Gasteiger partial charge in [0.15, 0.2) is 0 Å². The molecule has 1 N–H and O–H groups in total. The molecule has 1 fully saturated rings. The number of amides is 1. The molecular weight excluding hydrogens is 354 g/mol. The van der Waals surface area contributed by atoms with Crippen LogP contribution in [-0.2, 0) is 4.79 Å². The summed E-state index contributed by atoms with van der Waals surface area (Å²) in [5.74, 6) is -1.92. The summed E-state index contributed by atoms with van der Waals surface area (Å²) in [4.78, 5) is 35.4. The number of para-hydroxylation sites is 1. The third-order valence-corrected chi connectivity index (χ3v) is 5.46. The van der Waals surface area contributed by atoms with Crippen LogP contribution in [0.5, 0.6) is 0 Å². The number of pyridine rings is 2. The average Bonchev–Trinajstić information content (AvgIpc) is 3.14. The van der Waals surface area contributed by atoms with Crippen molar-refractivity contribution in [3.63, 3.8) is 0 Å². The fourth-order valence-corrected chi connectivity index (χ4v) is 4.04. The predicted octanol–water partition coefficient (Wildman–Crippen LogP) is 3.19. The molecule has 3 aromatic rings. The molecule has 1 amide bonds. The number of aliphatic carboxylic acids is 1. The predicted molar refractivity (Wildman–Crippen MR) is 105 cm³/mol. The van der Waals surface area contributed by atoms with Gasteiger partial charge < -0.3 is 10.0 Å². The van der Waals surface area contributed by atoms with E-state index in [4.69, 9.17) is 0 Å². The van der Waals surface area contributed by atoms with E-state index in [-0.39, 0.29) is 18.4 Å². The number of rotatable bonds is 3. The first-order valence-electron chi connectivity index (χ1n) is 9.24. The Bertz CT molecular complexity index is 1070. The molecule has 3 heterocycles. The van der Waals surface area contributed by atoms with Gasteiger partial charge in [0.05, 0.1) is 17.0 Å². The summed E-state index contributed by atoms with van der Waals surface area (Å²) in [6.45, 7) is 4.40. The maximum absolute atomic E-state index is 13.4. The van der Waals surface area contributed by atoms with E-state index >= 15 is 0 Å². The molecule has 0 saturated carbocycles. The summed E-state index contributed by atoms with van der Waals surface area (Å²) in [6.07, 6.45) is 3.31. The van der Waals surface area contributed by atoms with Gasteiger partial charge in [-0.3, -0.25) is 19.6 Å². The number of carboxylic acids is 1. The lowest BCUT2D eigenvalue weighted by Gasteiger charge is -2.18. The Labute approximate surface area is 162 Å². The number of fused-ring (bicyclic) bond motifs is 1. The lowest BCUT2D eigenvalue weighted by atomic mass is 9.90. The molecule has 4 rings (SSSR count). The highest BCUT2D eigenvalue weighted by Gasteiger charge is 2.41. The summed E-state index contributed by atoms with van der Waals surface area (Å²) < 4.78 is 0. The Morgan fingerprint density at radius 3 is 2.57 bits per heavy atom. The highest BCUT2D eigenvalue weighted by Crippen LogP contribution is 2.34. The Kier molecular flexibility index (Phi) is 4.55. The number of aromatic nitrogens is 2. The lowest BCUT2D eigenvalue weighted by Crippen LogP contribution is -2.30. The van der Waals surface area contributed by atoms with Gasteiger partial charge in [-0.05, 0) is 43.2 Å². The van der Waals surface area contributed by atoms with Gasteiger partial charge in [0.2, 0.25) is 0 Å². The van der Waals surface area contributed by atoms with E-state index < -0.39 is 11.9 Å². The minimum atomic E-state index is -0.885. The Morgan fingerprint density at radius 1 is 1.11 bits per heavy atom. The zero-order chi connectivity index (χ0) is 19.8. The monoisotopic (exact) mass is 375 g/mol. The Hall–Kier alpha value is -3.28. The van der Waals surface area contributed by atoms with Gasteiger partial charge in [-0.25, -0.2) is 0 Å². The van der Waals surface area contributed by atoms with Crippen molar-refractivity contribution in [1.82, 2.24) is 14.9 Å². The second kappa shape index (κ2) is 7.03. The Morgan fingerprint density at radius 2 is 1.86 bits per heavy atom. The number of nitrogens with zero attached hydrogens (tertiary/aromatic N) is 3. The molecule has 0 aliphatic carbocycles. The molecular formula is C22H21N3O3. The maximum atomic E-state index is 13.4. The van der Waals surface area contributed by atoms with E-state index in [9.17, 15) is 14.7 Å². The number of carbonyl (C=O) groups is 2. The van der Waals surface area contributed by atoms with Crippen molar-refractivity contribution in [3.8, 4) is 0 Å². The third-order valence-electron chi connectivity index (χ3n) is 5.46. The van der Waals surface area contributed by atoms with Gasteiger partial charge >= 0.3 is 5.97 Å². The first-order valence-corrected chi connectivity index (χ1v) is 9.24. The molecule has 1 aliphatic heterocycles. The van der Waals surface area contributed by atoms with Gasteiger partial charge in [-0.1, -0.05) is 18.2 Å². The van der Waals surface area contributed by atoms with Crippen LogP contribution in [0.2, 0.25) is 0 Å². The van der Waals surface area contributed by atoms with Crippen molar-refractivity contribution in [2.24, 2.45) is 5.92 Å².